The van der Waals surface area contributed by atoms with Gasteiger partial charge in [0.25, 0.3) is 0 Å². The Morgan fingerprint density at radius 3 is 2.65 bits per heavy atom. The van der Waals surface area contributed by atoms with E-state index in [0.717, 1.165) is 51.9 Å². The molecule has 0 bridgehead atoms. The fraction of sp³-hybridized carbons (Fsp3) is 0.536. The van der Waals surface area contributed by atoms with E-state index in [1.165, 1.54) is 21.7 Å². The summed E-state index contributed by atoms with van der Waals surface area (Å²) >= 11 is 1.82. The highest BCUT2D eigenvalue weighted by atomic mass is 32.2. The van der Waals surface area contributed by atoms with Crippen LogP contribution in [0.4, 0.5) is 10.5 Å². The van der Waals surface area contributed by atoms with Crippen molar-refractivity contribution in [3.8, 4) is 0 Å². The van der Waals surface area contributed by atoms with Gasteiger partial charge in [0.1, 0.15) is 5.60 Å². The maximum Gasteiger partial charge on any atom is 0.410 e. The van der Waals surface area contributed by atoms with Gasteiger partial charge in [-0.1, -0.05) is 30.3 Å². The fourth-order valence-electron chi connectivity index (χ4n) is 5.22. The molecule has 5 nitrogen and oxygen atoms in total. The number of piperidine rings is 1. The minimum absolute atomic E-state index is 0.148. The molecule has 3 aliphatic rings. The molecular weight excluding hydrogens is 442 g/mol. The van der Waals surface area contributed by atoms with Crippen LogP contribution in [0, 0.1) is 5.92 Å². The summed E-state index contributed by atoms with van der Waals surface area (Å²) in [6.07, 6.45) is 4.22. The quantitative estimate of drug-likeness (QED) is 0.527. The van der Waals surface area contributed by atoms with Gasteiger partial charge in [0.2, 0.25) is 0 Å². The van der Waals surface area contributed by atoms with Gasteiger partial charge in [0.15, 0.2) is 0 Å². The topological polar surface area (TPSA) is 44.8 Å². The molecule has 2 atom stereocenters. The number of rotatable bonds is 6. The summed E-state index contributed by atoms with van der Waals surface area (Å²) in [6.45, 7) is 9.80. The van der Waals surface area contributed by atoms with Gasteiger partial charge in [-0.25, -0.2) is 4.79 Å². The number of hydrogen-bond acceptors (Lipinski definition) is 5. The van der Waals surface area contributed by atoms with Crippen LogP contribution in [0.15, 0.2) is 53.4 Å². The molecule has 34 heavy (non-hydrogen) atoms. The highest BCUT2D eigenvalue weighted by Gasteiger charge is 2.47. The molecule has 2 heterocycles. The summed E-state index contributed by atoms with van der Waals surface area (Å²) in [5, 5.41) is 3.44. The Morgan fingerprint density at radius 1 is 1.15 bits per heavy atom. The first-order chi connectivity index (χ1) is 16.4. The third-order valence-corrected chi connectivity index (χ3v) is 8.12. The van der Waals surface area contributed by atoms with E-state index in [0.29, 0.717) is 11.8 Å². The predicted molar refractivity (Wildman–Crippen MR) is 139 cm³/mol. The van der Waals surface area contributed by atoms with Crippen LogP contribution in [-0.4, -0.2) is 48.8 Å². The molecule has 2 aromatic rings. The summed E-state index contributed by atoms with van der Waals surface area (Å²) in [5.41, 5.74) is 3.65. The van der Waals surface area contributed by atoms with Crippen molar-refractivity contribution in [2.45, 2.75) is 68.9 Å². The number of fused-ring (bicyclic) bond motifs is 1. The summed E-state index contributed by atoms with van der Waals surface area (Å²) in [5.74, 6) is 0.967. The summed E-state index contributed by atoms with van der Waals surface area (Å²) in [6, 6.07) is 17.8. The van der Waals surface area contributed by atoms with Crippen LogP contribution in [0.25, 0.3) is 0 Å². The summed E-state index contributed by atoms with van der Waals surface area (Å²) < 4.78 is 8.24. The lowest BCUT2D eigenvalue weighted by atomic mass is 9.97. The van der Waals surface area contributed by atoms with Crippen molar-refractivity contribution >= 4 is 23.7 Å². The lowest BCUT2D eigenvalue weighted by Crippen LogP contribution is -2.43. The Labute approximate surface area is 208 Å². The van der Waals surface area contributed by atoms with Gasteiger partial charge >= 0.3 is 6.09 Å². The number of ether oxygens (including phenoxy) is 1. The van der Waals surface area contributed by atoms with E-state index in [1.54, 1.807) is 0 Å². The Hall–Kier alpha value is -2.18. The molecule has 2 unspecified atom stereocenters. The lowest BCUT2D eigenvalue weighted by Gasteiger charge is -2.32. The standard InChI is InChI=1S/C28H37N3O2S/c1-28(2,3)33-27(32)30(19-20-11-14-29-15-12-20)26-18-24(26)21-9-10-25-22(17-21)13-16-31(25)34-23-7-5-4-6-8-23/h4-10,17,20,24,26,29H,11-16,18-19H2,1-3H3. The minimum Gasteiger partial charge on any atom is -0.444 e. The molecule has 6 heteroatoms. The van der Waals surface area contributed by atoms with Crippen molar-refractivity contribution in [3.63, 3.8) is 0 Å². The van der Waals surface area contributed by atoms with Gasteiger partial charge in [0, 0.05) is 29.9 Å². The molecule has 1 saturated carbocycles. The number of nitrogens with zero attached hydrogens (tertiary/aromatic N) is 2. The smallest absolute Gasteiger partial charge is 0.410 e. The SMILES string of the molecule is CC(C)(C)OC(=O)N(CC1CCNCC1)C1CC1c1ccc2c(c1)CCN2Sc1ccccc1. The highest BCUT2D eigenvalue weighted by molar-refractivity contribution is 8.00. The zero-order valence-corrected chi connectivity index (χ0v) is 21.4. The number of anilines is 1. The number of amides is 1. The maximum absolute atomic E-state index is 13.2. The molecule has 2 fully saturated rings. The van der Waals surface area contributed by atoms with Crippen LogP contribution in [0.3, 0.4) is 0 Å². The van der Waals surface area contributed by atoms with Gasteiger partial charge in [0.05, 0.1) is 5.69 Å². The largest absolute Gasteiger partial charge is 0.444 e. The molecule has 182 valence electrons. The van der Waals surface area contributed by atoms with E-state index in [1.807, 2.05) is 32.7 Å². The van der Waals surface area contributed by atoms with E-state index < -0.39 is 5.60 Å². The molecule has 5 rings (SSSR count). The van der Waals surface area contributed by atoms with Gasteiger partial charge in [-0.15, -0.1) is 0 Å². The fourth-order valence-corrected chi connectivity index (χ4v) is 6.21. The van der Waals surface area contributed by atoms with Gasteiger partial charge in [-0.2, -0.15) is 0 Å². The molecule has 1 aliphatic carbocycles. The number of nitrogens with one attached hydrogen (secondary N) is 1. The number of carbonyl (C=O) groups excluding carboxylic acids is 1. The molecule has 1 saturated heterocycles. The van der Waals surface area contributed by atoms with Gasteiger partial charge in [-0.3, -0.25) is 0 Å². The maximum atomic E-state index is 13.2. The van der Waals surface area contributed by atoms with Crippen LogP contribution >= 0.6 is 11.9 Å². The average molecular weight is 480 g/mol. The molecule has 2 aliphatic heterocycles. The molecule has 0 aromatic heterocycles. The van der Waals surface area contributed by atoms with Crippen LogP contribution in [-0.2, 0) is 11.2 Å². The Bertz CT molecular complexity index is 1000. The van der Waals surface area contributed by atoms with Crippen LogP contribution < -0.4 is 9.62 Å². The lowest BCUT2D eigenvalue weighted by molar-refractivity contribution is 0.0188. The predicted octanol–water partition coefficient (Wildman–Crippen LogP) is 5.85. The van der Waals surface area contributed by atoms with Crippen molar-refractivity contribution in [2.75, 3.05) is 30.5 Å². The molecule has 0 radical (unpaired) electrons. The summed E-state index contributed by atoms with van der Waals surface area (Å²) in [7, 11) is 0. The molecule has 1 amide bonds. The molecule has 0 spiro atoms. The van der Waals surface area contributed by atoms with E-state index >= 15 is 0 Å². The first kappa shape index (κ1) is 23.6. The Morgan fingerprint density at radius 2 is 1.91 bits per heavy atom. The first-order valence-corrected chi connectivity index (χ1v) is 13.5. The number of hydrogen-bond donors (Lipinski definition) is 1. The van der Waals surface area contributed by atoms with Gasteiger partial charge in [-0.05, 0) is 107 Å². The Kier molecular flexibility index (Phi) is 6.81. The third kappa shape index (κ3) is 5.55. The average Bonchev–Trinajstić information content (AvgIpc) is 3.51. The zero-order chi connectivity index (χ0) is 23.7. The highest BCUT2D eigenvalue weighted by Crippen LogP contribution is 2.47. The first-order valence-electron chi connectivity index (χ1n) is 12.7. The van der Waals surface area contributed by atoms with E-state index in [-0.39, 0.29) is 12.1 Å². The number of carbonyl (C=O) groups is 1. The zero-order valence-electron chi connectivity index (χ0n) is 20.6. The monoisotopic (exact) mass is 479 g/mol. The molecular formula is C28H37N3O2S. The third-order valence-electron chi connectivity index (χ3n) is 7.04. The van der Waals surface area contributed by atoms with Crippen molar-refractivity contribution in [1.29, 1.82) is 0 Å². The second-order valence-electron chi connectivity index (χ2n) is 10.9. The second-order valence-corrected chi connectivity index (χ2v) is 12.0. The van der Waals surface area contributed by atoms with E-state index in [2.05, 4.69) is 63.1 Å². The number of benzene rings is 2. The van der Waals surface area contributed by atoms with Crippen molar-refractivity contribution < 1.29 is 9.53 Å². The van der Waals surface area contributed by atoms with Gasteiger partial charge < -0.3 is 19.3 Å². The minimum atomic E-state index is -0.471. The molecule has 1 N–H and O–H groups in total. The van der Waals surface area contributed by atoms with Crippen LogP contribution in [0.1, 0.15) is 57.1 Å². The van der Waals surface area contributed by atoms with Crippen LogP contribution in [0.2, 0.25) is 0 Å². The normalized spacial score (nSPS) is 22.4. The second kappa shape index (κ2) is 9.82. The molecule has 2 aromatic carbocycles. The van der Waals surface area contributed by atoms with Crippen molar-refractivity contribution in [3.05, 3.63) is 59.7 Å². The van der Waals surface area contributed by atoms with Crippen LogP contribution in [0.5, 0.6) is 0 Å². The summed E-state index contributed by atoms with van der Waals surface area (Å²) in [4.78, 5) is 16.5. The van der Waals surface area contributed by atoms with E-state index in [4.69, 9.17) is 4.74 Å². The van der Waals surface area contributed by atoms with Crippen molar-refractivity contribution in [1.82, 2.24) is 10.2 Å². The Balaban J connectivity index is 1.28. The van der Waals surface area contributed by atoms with E-state index in [9.17, 15) is 4.79 Å². The van der Waals surface area contributed by atoms with Crippen molar-refractivity contribution in [2.24, 2.45) is 5.92 Å².